The minimum Gasteiger partial charge on any atom is -0.312 e. The Hall–Kier alpha value is -2.49. The van der Waals surface area contributed by atoms with Crippen molar-refractivity contribution in [2.45, 2.75) is 52.4 Å². The maximum absolute atomic E-state index is 13.4. The van der Waals surface area contributed by atoms with Crippen molar-refractivity contribution < 1.29 is 9.59 Å². The summed E-state index contributed by atoms with van der Waals surface area (Å²) in [5, 5.41) is 0. The summed E-state index contributed by atoms with van der Waals surface area (Å²) in [6, 6.07) is 13.8. The van der Waals surface area contributed by atoms with E-state index in [1.54, 1.807) is 6.07 Å². The number of pyridine rings is 1. The van der Waals surface area contributed by atoms with Crippen LogP contribution >= 0.6 is 0 Å². The van der Waals surface area contributed by atoms with E-state index < -0.39 is 0 Å². The maximum Gasteiger partial charge on any atom is 0.233 e. The molecule has 0 bridgehead atoms. The van der Waals surface area contributed by atoms with E-state index in [0.717, 1.165) is 50.0 Å². The summed E-state index contributed by atoms with van der Waals surface area (Å²) < 4.78 is 0. The second kappa shape index (κ2) is 7.50. The molecule has 1 aliphatic heterocycles. The van der Waals surface area contributed by atoms with Crippen molar-refractivity contribution in [2.75, 3.05) is 11.4 Å². The predicted molar refractivity (Wildman–Crippen MR) is 110 cm³/mol. The van der Waals surface area contributed by atoms with Crippen LogP contribution in [0.4, 0.5) is 5.69 Å². The number of benzene rings is 1. The van der Waals surface area contributed by atoms with Gasteiger partial charge < -0.3 is 4.90 Å². The number of amides is 1. The van der Waals surface area contributed by atoms with Gasteiger partial charge in [-0.15, -0.1) is 0 Å². The van der Waals surface area contributed by atoms with Crippen molar-refractivity contribution in [2.24, 2.45) is 11.3 Å². The number of hydrogen-bond acceptors (Lipinski definition) is 3. The van der Waals surface area contributed by atoms with E-state index in [9.17, 15) is 9.59 Å². The first kappa shape index (κ1) is 18.9. The zero-order valence-corrected chi connectivity index (χ0v) is 16.8. The van der Waals surface area contributed by atoms with Crippen molar-refractivity contribution in [1.82, 2.24) is 4.98 Å². The molecular formula is C24H28N2O2. The van der Waals surface area contributed by atoms with E-state index >= 15 is 0 Å². The Morgan fingerprint density at radius 2 is 2.00 bits per heavy atom. The van der Waals surface area contributed by atoms with Gasteiger partial charge in [0.25, 0.3) is 0 Å². The van der Waals surface area contributed by atoms with Gasteiger partial charge in [-0.2, -0.15) is 0 Å². The van der Waals surface area contributed by atoms with Gasteiger partial charge in [-0.05, 0) is 75.3 Å². The van der Waals surface area contributed by atoms with E-state index in [2.05, 4.69) is 24.0 Å². The third-order valence-corrected chi connectivity index (χ3v) is 6.42. The number of ketones is 1. The van der Waals surface area contributed by atoms with Crippen LogP contribution in [0.2, 0.25) is 0 Å². The van der Waals surface area contributed by atoms with Crippen LogP contribution in [0.25, 0.3) is 0 Å². The SMILES string of the molecule is Cc1cccc(N2CC[C@]3(CCC[C@H](CC(=O)c4cccc(C)n4)C3)C2=O)c1. The van der Waals surface area contributed by atoms with Gasteiger partial charge in [0.1, 0.15) is 5.69 Å². The van der Waals surface area contributed by atoms with Gasteiger partial charge in [0.2, 0.25) is 5.91 Å². The number of aryl methyl sites for hydroxylation is 2. The summed E-state index contributed by atoms with van der Waals surface area (Å²) in [6.07, 6.45) is 5.21. The molecule has 2 atom stereocenters. The maximum atomic E-state index is 13.4. The fourth-order valence-electron chi connectivity index (χ4n) is 5.01. The molecule has 2 aliphatic rings. The molecule has 4 nitrogen and oxygen atoms in total. The minimum absolute atomic E-state index is 0.103. The molecule has 146 valence electrons. The first-order valence-electron chi connectivity index (χ1n) is 10.3. The van der Waals surface area contributed by atoms with E-state index in [1.807, 2.05) is 36.1 Å². The second-order valence-corrected chi connectivity index (χ2v) is 8.58. The summed E-state index contributed by atoms with van der Waals surface area (Å²) >= 11 is 0. The normalized spacial score (nSPS) is 24.7. The van der Waals surface area contributed by atoms with Gasteiger partial charge in [-0.1, -0.05) is 24.6 Å². The minimum atomic E-state index is -0.285. The molecule has 2 heterocycles. The van der Waals surface area contributed by atoms with Crippen LogP contribution in [0, 0.1) is 25.2 Å². The quantitative estimate of drug-likeness (QED) is 0.714. The van der Waals surface area contributed by atoms with Crippen LogP contribution in [0.1, 0.15) is 60.3 Å². The molecular weight excluding hydrogens is 348 g/mol. The number of carbonyl (C=O) groups excluding carboxylic acids is 2. The zero-order valence-electron chi connectivity index (χ0n) is 16.8. The molecule has 1 spiro atoms. The number of aromatic nitrogens is 1. The van der Waals surface area contributed by atoms with Crippen LogP contribution < -0.4 is 4.90 Å². The lowest BCUT2D eigenvalue weighted by Gasteiger charge is -2.36. The Morgan fingerprint density at radius 3 is 2.79 bits per heavy atom. The molecule has 1 saturated heterocycles. The molecule has 1 aromatic heterocycles. The summed E-state index contributed by atoms with van der Waals surface area (Å²) in [7, 11) is 0. The topological polar surface area (TPSA) is 50.3 Å². The lowest BCUT2D eigenvalue weighted by molar-refractivity contribution is -0.128. The monoisotopic (exact) mass is 376 g/mol. The number of anilines is 1. The van der Waals surface area contributed by atoms with Crippen molar-refractivity contribution in [1.29, 1.82) is 0 Å². The molecule has 1 aliphatic carbocycles. The molecule has 0 radical (unpaired) electrons. The van der Waals surface area contributed by atoms with Gasteiger partial charge in [-0.25, -0.2) is 0 Å². The number of hydrogen-bond donors (Lipinski definition) is 0. The summed E-state index contributed by atoms with van der Waals surface area (Å²) in [5.41, 5.74) is 3.31. The lowest BCUT2D eigenvalue weighted by atomic mass is 9.67. The second-order valence-electron chi connectivity index (χ2n) is 8.58. The standard InChI is InChI=1S/C24H28N2O2/c1-17-6-3-9-20(14-17)26-13-12-24(23(26)28)11-5-8-19(16-24)15-22(27)21-10-4-7-18(2)25-21/h3-4,6-7,9-10,14,19H,5,8,11-13,15-16H2,1-2H3/t19-,24+/m1/s1. The zero-order chi connectivity index (χ0) is 19.7. The molecule has 0 unspecified atom stereocenters. The van der Waals surface area contributed by atoms with Crippen molar-refractivity contribution in [3.05, 3.63) is 59.4 Å². The molecule has 4 rings (SSSR count). The van der Waals surface area contributed by atoms with Gasteiger partial charge in [0, 0.05) is 24.3 Å². The molecule has 4 heteroatoms. The number of carbonyl (C=O) groups is 2. The van der Waals surface area contributed by atoms with E-state index in [1.165, 1.54) is 5.56 Å². The Kier molecular flexibility index (Phi) is 5.05. The fourth-order valence-corrected chi connectivity index (χ4v) is 5.01. The molecule has 2 aromatic rings. The Bertz CT molecular complexity index is 907. The molecule has 0 N–H and O–H groups in total. The lowest BCUT2D eigenvalue weighted by Crippen LogP contribution is -2.38. The number of Topliss-reactive ketones (excluding diaryl/α,β-unsaturated/α-hetero) is 1. The smallest absolute Gasteiger partial charge is 0.233 e. The fraction of sp³-hybridized carbons (Fsp3) is 0.458. The third-order valence-electron chi connectivity index (χ3n) is 6.42. The third kappa shape index (κ3) is 3.60. The number of rotatable bonds is 4. The van der Waals surface area contributed by atoms with Crippen LogP contribution in [-0.2, 0) is 4.79 Å². The highest BCUT2D eigenvalue weighted by Gasteiger charge is 2.49. The first-order chi connectivity index (χ1) is 13.5. The molecule has 28 heavy (non-hydrogen) atoms. The van der Waals surface area contributed by atoms with Crippen molar-refractivity contribution >= 4 is 17.4 Å². The molecule has 1 aromatic carbocycles. The van der Waals surface area contributed by atoms with Crippen LogP contribution in [0.3, 0.4) is 0 Å². The van der Waals surface area contributed by atoms with Crippen molar-refractivity contribution in [3.8, 4) is 0 Å². The van der Waals surface area contributed by atoms with Gasteiger partial charge in [0.15, 0.2) is 5.78 Å². The molecule has 2 fully saturated rings. The van der Waals surface area contributed by atoms with Crippen LogP contribution in [0.5, 0.6) is 0 Å². The van der Waals surface area contributed by atoms with Gasteiger partial charge in [0.05, 0.1) is 5.41 Å². The highest BCUT2D eigenvalue weighted by Crippen LogP contribution is 2.48. The van der Waals surface area contributed by atoms with Crippen molar-refractivity contribution in [3.63, 3.8) is 0 Å². The van der Waals surface area contributed by atoms with Gasteiger partial charge in [-0.3, -0.25) is 14.6 Å². The molecule has 1 saturated carbocycles. The van der Waals surface area contributed by atoms with E-state index in [0.29, 0.717) is 12.1 Å². The average molecular weight is 377 g/mol. The Balaban J connectivity index is 1.47. The van der Waals surface area contributed by atoms with Crippen LogP contribution in [-0.4, -0.2) is 23.2 Å². The van der Waals surface area contributed by atoms with E-state index in [4.69, 9.17) is 0 Å². The van der Waals surface area contributed by atoms with E-state index in [-0.39, 0.29) is 23.0 Å². The number of nitrogens with zero attached hydrogens (tertiary/aromatic N) is 2. The highest BCUT2D eigenvalue weighted by molar-refractivity contribution is 6.00. The summed E-state index contributed by atoms with van der Waals surface area (Å²) in [6.45, 7) is 4.74. The molecule has 1 amide bonds. The Labute approximate surface area is 167 Å². The highest BCUT2D eigenvalue weighted by atomic mass is 16.2. The largest absolute Gasteiger partial charge is 0.312 e. The van der Waals surface area contributed by atoms with Crippen LogP contribution in [0.15, 0.2) is 42.5 Å². The predicted octanol–water partition coefficient (Wildman–Crippen LogP) is 4.88. The first-order valence-corrected chi connectivity index (χ1v) is 10.3. The summed E-state index contributed by atoms with van der Waals surface area (Å²) in [4.78, 5) is 32.4. The Morgan fingerprint density at radius 1 is 1.18 bits per heavy atom. The average Bonchev–Trinajstić information content (AvgIpc) is 2.97. The summed E-state index contributed by atoms with van der Waals surface area (Å²) in [5.74, 6) is 0.626. The van der Waals surface area contributed by atoms with Gasteiger partial charge >= 0.3 is 0 Å².